The normalized spacial score (nSPS) is 19.9. The zero-order valence-corrected chi connectivity index (χ0v) is 21.4. The molecule has 0 bridgehead atoms. The highest BCUT2D eigenvalue weighted by atomic mass is 16.7. The van der Waals surface area contributed by atoms with E-state index in [-0.39, 0.29) is 25.3 Å². The molecule has 3 aliphatic rings. The maximum absolute atomic E-state index is 13.7. The minimum atomic E-state index is -0.734. The van der Waals surface area contributed by atoms with E-state index in [0.29, 0.717) is 25.3 Å². The fourth-order valence-electron chi connectivity index (χ4n) is 5.88. The van der Waals surface area contributed by atoms with E-state index in [1.165, 1.54) is 10.5 Å². The quantitative estimate of drug-likeness (QED) is 0.519. The summed E-state index contributed by atoms with van der Waals surface area (Å²) in [6.45, 7) is 7.85. The topological polar surface area (TPSA) is 71.6 Å². The van der Waals surface area contributed by atoms with Crippen LogP contribution in [0, 0.1) is 5.92 Å². The van der Waals surface area contributed by atoms with Crippen molar-refractivity contribution in [3.63, 3.8) is 0 Å². The molecule has 2 aromatic carbocycles. The number of methoxy groups -OCH3 is 1. The third-order valence-electron chi connectivity index (χ3n) is 7.69. The van der Waals surface area contributed by atoms with Gasteiger partial charge in [0.25, 0.3) is 5.91 Å². The number of carbonyl (C=O) groups excluding carboxylic acids is 2. The molecule has 2 fully saturated rings. The molecule has 0 aromatic heterocycles. The highest BCUT2D eigenvalue weighted by Crippen LogP contribution is 2.38. The van der Waals surface area contributed by atoms with E-state index in [4.69, 9.17) is 14.2 Å². The summed E-state index contributed by atoms with van der Waals surface area (Å²) in [7, 11) is 1.61. The van der Waals surface area contributed by atoms with Gasteiger partial charge in [0.05, 0.1) is 13.7 Å². The van der Waals surface area contributed by atoms with E-state index < -0.39 is 5.54 Å². The number of hydrogen-bond acceptors (Lipinski definition) is 6. The molecule has 3 aliphatic heterocycles. The van der Waals surface area contributed by atoms with Crippen LogP contribution in [0.25, 0.3) is 0 Å². The van der Waals surface area contributed by atoms with Gasteiger partial charge in [-0.2, -0.15) is 0 Å². The molecule has 2 saturated heterocycles. The number of piperidine rings is 1. The van der Waals surface area contributed by atoms with Crippen molar-refractivity contribution in [3.05, 3.63) is 53.6 Å². The highest BCUT2D eigenvalue weighted by molar-refractivity contribution is 6.07. The number of ether oxygens (including phenoxy) is 3. The molecule has 3 heterocycles. The summed E-state index contributed by atoms with van der Waals surface area (Å²) in [4.78, 5) is 32.6. The Morgan fingerprint density at radius 1 is 1.03 bits per heavy atom. The molecular formula is C28H35N3O5. The Labute approximate surface area is 212 Å². The molecule has 8 heteroatoms. The molecule has 0 saturated carbocycles. The second kappa shape index (κ2) is 10.0. The van der Waals surface area contributed by atoms with Crippen LogP contribution in [0.1, 0.15) is 37.8 Å². The van der Waals surface area contributed by atoms with Crippen LogP contribution in [0.5, 0.6) is 17.2 Å². The number of benzene rings is 2. The molecule has 2 aromatic rings. The van der Waals surface area contributed by atoms with Gasteiger partial charge in [-0.05, 0) is 67.5 Å². The predicted molar refractivity (Wildman–Crippen MR) is 135 cm³/mol. The summed E-state index contributed by atoms with van der Waals surface area (Å²) in [5, 5.41) is 0. The lowest BCUT2D eigenvalue weighted by Crippen LogP contribution is -2.56. The Bertz CT molecular complexity index is 1130. The Balaban J connectivity index is 1.21. The average molecular weight is 494 g/mol. The standard InChI is InChI=1S/C28H35N3O5/c1-4-31-27(33)30(18-22-6-5-7-23(15-22)34-3)26(32)28(31)10-12-29(13-11-28)17-20(2)14-21-8-9-24-25(16-21)36-19-35-24/h5-9,15-16,20H,4,10-14,17-19H2,1-3H3/t20-/m1/s1. The number of fused-ring (bicyclic) bond motifs is 1. The summed E-state index contributed by atoms with van der Waals surface area (Å²) >= 11 is 0. The van der Waals surface area contributed by atoms with Gasteiger partial charge in [-0.3, -0.25) is 9.69 Å². The van der Waals surface area contributed by atoms with Crippen molar-refractivity contribution >= 4 is 11.9 Å². The Hall–Kier alpha value is -3.26. The molecule has 8 nitrogen and oxygen atoms in total. The maximum atomic E-state index is 13.7. The molecule has 0 radical (unpaired) electrons. The van der Waals surface area contributed by atoms with Gasteiger partial charge in [0.15, 0.2) is 11.5 Å². The number of nitrogens with zero attached hydrogens (tertiary/aromatic N) is 3. The van der Waals surface area contributed by atoms with Crippen LogP contribution in [-0.2, 0) is 17.8 Å². The first-order valence-corrected chi connectivity index (χ1v) is 12.8. The third-order valence-corrected chi connectivity index (χ3v) is 7.69. The molecule has 1 atom stereocenters. The van der Waals surface area contributed by atoms with E-state index in [2.05, 4.69) is 24.0 Å². The van der Waals surface area contributed by atoms with Crippen molar-refractivity contribution < 1.29 is 23.8 Å². The second-order valence-electron chi connectivity index (χ2n) is 10.1. The van der Waals surface area contributed by atoms with E-state index in [1.807, 2.05) is 37.3 Å². The first kappa shape index (κ1) is 24.4. The summed E-state index contributed by atoms with van der Waals surface area (Å²) in [6.07, 6.45) is 2.28. The van der Waals surface area contributed by atoms with Crippen molar-refractivity contribution in [2.24, 2.45) is 5.92 Å². The Kier molecular flexibility index (Phi) is 6.79. The van der Waals surface area contributed by atoms with Crippen molar-refractivity contribution in [1.82, 2.24) is 14.7 Å². The number of likely N-dealkylation sites (tertiary alicyclic amines) is 1. The number of hydrogen-bond donors (Lipinski definition) is 0. The van der Waals surface area contributed by atoms with Crippen LogP contribution < -0.4 is 14.2 Å². The van der Waals surface area contributed by atoms with Crippen LogP contribution in [0.2, 0.25) is 0 Å². The summed E-state index contributed by atoms with van der Waals surface area (Å²) < 4.78 is 16.2. The second-order valence-corrected chi connectivity index (χ2v) is 10.1. The molecular weight excluding hydrogens is 458 g/mol. The predicted octanol–water partition coefficient (Wildman–Crippen LogP) is 3.92. The Morgan fingerprint density at radius 3 is 2.56 bits per heavy atom. The highest BCUT2D eigenvalue weighted by Gasteiger charge is 2.57. The SMILES string of the molecule is CCN1C(=O)N(Cc2cccc(OC)c2)C(=O)C12CCN(C[C@H](C)Cc1ccc3c(c1)OCO3)CC2. The van der Waals surface area contributed by atoms with Crippen LogP contribution in [0.3, 0.4) is 0 Å². The lowest BCUT2D eigenvalue weighted by Gasteiger charge is -2.42. The average Bonchev–Trinajstić information content (AvgIpc) is 3.42. The minimum absolute atomic E-state index is 0.0646. The van der Waals surface area contributed by atoms with Crippen molar-refractivity contribution in [3.8, 4) is 17.2 Å². The van der Waals surface area contributed by atoms with Crippen LogP contribution >= 0.6 is 0 Å². The van der Waals surface area contributed by atoms with Crippen molar-refractivity contribution in [2.75, 3.05) is 40.1 Å². The first-order chi connectivity index (χ1) is 17.4. The van der Waals surface area contributed by atoms with Crippen LogP contribution in [0.4, 0.5) is 4.79 Å². The van der Waals surface area contributed by atoms with Gasteiger partial charge < -0.3 is 24.0 Å². The number of carbonyl (C=O) groups is 2. The monoisotopic (exact) mass is 493 g/mol. The lowest BCUT2D eigenvalue weighted by atomic mass is 9.85. The van der Waals surface area contributed by atoms with E-state index in [9.17, 15) is 9.59 Å². The lowest BCUT2D eigenvalue weighted by molar-refractivity contribution is -0.136. The number of likely N-dealkylation sites (N-methyl/N-ethyl adjacent to an activating group) is 1. The minimum Gasteiger partial charge on any atom is -0.497 e. The maximum Gasteiger partial charge on any atom is 0.327 e. The molecule has 1 spiro atoms. The smallest absolute Gasteiger partial charge is 0.327 e. The van der Waals surface area contributed by atoms with Gasteiger partial charge in [-0.15, -0.1) is 0 Å². The number of urea groups is 1. The van der Waals surface area contributed by atoms with E-state index in [0.717, 1.165) is 48.9 Å². The van der Waals surface area contributed by atoms with Gasteiger partial charge in [-0.1, -0.05) is 25.1 Å². The summed E-state index contributed by atoms with van der Waals surface area (Å²) in [5.41, 5.74) is 1.39. The third kappa shape index (κ3) is 4.50. The van der Waals surface area contributed by atoms with Crippen LogP contribution in [-0.4, -0.2) is 72.3 Å². The van der Waals surface area contributed by atoms with Crippen LogP contribution in [0.15, 0.2) is 42.5 Å². The molecule has 36 heavy (non-hydrogen) atoms. The number of imide groups is 1. The fourth-order valence-corrected chi connectivity index (χ4v) is 5.88. The number of amides is 3. The summed E-state index contributed by atoms with van der Waals surface area (Å²) in [6, 6.07) is 13.5. The first-order valence-electron chi connectivity index (χ1n) is 12.8. The van der Waals surface area contributed by atoms with E-state index >= 15 is 0 Å². The molecule has 0 N–H and O–H groups in total. The van der Waals surface area contributed by atoms with Crippen molar-refractivity contribution in [1.29, 1.82) is 0 Å². The van der Waals surface area contributed by atoms with Gasteiger partial charge in [0.2, 0.25) is 6.79 Å². The Morgan fingerprint density at radius 2 is 1.81 bits per heavy atom. The molecule has 0 unspecified atom stereocenters. The van der Waals surface area contributed by atoms with Gasteiger partial charge in [-0.25, -0.2) is 4.79 Å². The molecule has 192 valence electrons. The molecule has 5 rings (SSSR count). The number of rotatable bonds is 8. The molecule has 3 amide bonds. The molecule has 0 aliphatic carbocycles. The van der Waals surface area contributed by atoms with Gasteiger partial charge >= 0.3 is 6.03 Å². The zero-order chi connectivity index (χ0) is 25.3. The van der Waals surface area contributed by atoms with Crippen molar-refractivity contribution in [2.45, 2.75) is 45.2 Å². The fraction of sp³-hybridized carbons (Fsp3) is 0.500. The van der Waals surface area contributed by atoms with E-state index in [1.54, 1.807) is 12.0 Å². The summed E-state index contributed by atoms with van der Waals surface area (Å²) in [5.74, 6) is 2.74. The van der Waals surface area contributed by atoms with Gasteiger partial charge in [0, 0.05) is 26.2 Å². The van der Waals surface area contributed by atoms with Gasteiger partial charge in [0.1, 0.15) is 11.3 Å². The zero-order valence-electron chi connectivity index (χ0n) is 21.4. The largest absolute Gasteiger partial charge is 0.497 e.